The molecule has 2 aliphatic heterocycles. The lowest BCUT2D eigenvalue weighted by Gasteiger charge is -2.29. The van der Waals surface area contributed by atoms with Crippen molar-refractivity contribution in [1.82, 2.24) is 20.4 Å². The van der Waals surface area contributed by atoms with Crippen LogP contribution in [0.5, 0.6) is 0 Å². The van der Waals surface area contributed by atoms with Crippen molar-refractivity contribution in [3.63, 3.8) is 0 Å². The normalized spacial score (nSPS) is 24.8. The molecule has 0 aromatic rings. The topological polar surface area (TPSA) is 98.8 Å². The molecule has 2 saturated heterocycles. The fourth-order valence-corrected chi connectivity index (χ4v) is 3.37. The number of nitrogens with zero attached hydrogens (tertiary/aromatic N) is 2. The number of amides is 4. The lowest BCUT2D eigenvalue weighted by Crippen LogP contribution is -2.54. The van der Waals surface area contributed by atoms with Gasteiger partial charge in [0.05, 0.1) is 6.42 Å². The summed E-state index contributed by atoms with van der Waals surface area (Å²) in [6.07, 6.45) is 1.08. The average Bonchev–Trinajstić information content (AvgIpc) is 3.00. The van der Waals surface area contributed by atoms with Crippen LogP contribution >= 0.6 is 0 Å². The standard InChI is InChI=1S/C18H30N4O4/c1-11-6-9-22(16(11)25)13(10-14(23)20-18(2,3)4)15(24)19-12-7-8-21(5)17(12)26/h11-13H,6-10H2,1-5H3,(H,19,24)(H,20,23). The first-order valence-corrected chi connectivity index (χ1v) is 9.16. The van der Waals surface area contributed by atoms with E-state index < -0.39 is 23.5 Å². The molecule has 4 amide bonds. The lowest BCUT2D eigenvalue weighted by molar-refractivity contribution is -0.142. The molecule has 0 saturated carbocycles. The molecule has 0 aliphatic carbocycles. The third-order valence-electron chi connectivity index (χ3n) is 4.82. The number of carbonyl (C=O) groups is 4. The molecule has 3 unspecified atom stereocenters. The van der Waals surface area contributed by atoms with Crippen LogP contribution in [0.2, 0.25) is 0 Å². The molecule has 8 nitrogen and oxygen atoms in total. The van der Waals surface area contributed by atoms with Crippen molar-refractivity contribution in [1.29, 1.82) is 0 Å². The van der Waals surface area contributed by atoms with Crippen LogP contribution < -0.4 is 10.6 Å². The maximum Gasteiger partial charge on any atom is 0.244 e. The van der Waals surface area contributed by atoms with Crippen LogP contribution in [-0.4, -0.2) is 71.2 Å². The van der Waals surface area contributed by atoms with Crippen LogP contribution in [0.25, 0.3) is 0 Å². The number of hydrogen-bond donors (Lipinski definition) is 2. The molecule has 2 rings (SSSR count). The van der Waals surface area contributed by atoms with Crippen LogP contribution in [0.3, 0.4) is 0 Å². The smallest absolute Gasteiger partial charge is 0.244 e. The van der Waals surface area contributed by atoms with Gasteiger partial charge in [0.2, 0.25) is 23.6 Å². The highest BCUT2D eigenvalue weighted by Crippen LogP contribution is 2.22. The molecule has 0 bridgehead atoms. The molecular weight excluding hydrogens is 336 g/mol. The summed E-state index contributed by atoms with van der Waals surface area (Å²) in [6.45, 7) is 8.42. The Labute approximate surface area is 154 Å². The maximum absolute atomic E-state index is 12.8. The minimum atomic E-state index is -0.895. The summed E-state index contributed by atoms with van der Waals surface area (Å²) in [5, 5.41) is 5.57. The van der Waals surface area contributed by atoms with Gasteiger partial charge < -0.3 is 20.4 Å². The Morgan fingerprint density at radius 1 is 1.15 bits per heavy atom. The molecule has 2 heterocycles. The van der Waals surface area contributed by atoms with Crippen molar-refractivity contribution in [3.05, 3.63) is 0 Å². The van der Waals surface area contributed by atoms with Crippen LogP contribution in [0.1, 0.15) is 47.0 Å². The highest BCUT2D eigenvalue weighted by Gasteiger charge is 2.40. The van der Waals surface area contributed by atoms with Gasteiger partial charge in [-0.25, -0.2) is 0 Å². The molecule has 0 radical (unpaired) electrons. The van der Waals surface area contributed by atoms with E-state index in [1.165, 1.54) is 4.90 Å². The average molecular weight is 366 g/mol. The Kier molecular flexibility index (Phi) is 5.93. The second-order valence-electron chi connectivity index (χ2n) is 8.35. The highest BCUT2D eigenvalue weighted by atomic mass is 16.2. The van der Waals surface area contributed by atoms with E-state index >= 15 is 0 Å². The van der Waals surface area contributed by atoms with Gasteiger partial charge in [0.15, 0.2) is 0 Å². The molecule has 2 N–H and O–H groups in total. The quantitative estimate of drug-likeness (QED) is 0.708. The van der Waals surface area contributed by atoms with Gasteiger partial charge in [0.1, 0.15) is 12.1 Å². The minimum Gasteiger partial charge on any atom is -0.351 e. The number of carbonyl (C=O) groups excluding carboxylic acids is 4. The SMILES string of the molecule is CC1CCN(C(CC(=O)NC(C)(C)C)C(=O)NC2CCN(C)C2=O)C1=O. The van der Waals surface area contributed by atoms with E-state index in [0.29, 0.717) is 25.9 Å². The zero-order valence-electron chi connectivity index (χ0n) is 16.3. The Morgan fingerprint density at radius 2 is 1.81 bits per heavy atom. The van der Waals surface area contributed by atoms with Gasteiger partial charge in [-0.3, -0.25) is 19.2 Å². The fourth-order valence-electron chi connectivity index (χ4n) is 3.37. The van der Waals surface area contributed by atoms with Gasteiger partial charge in [-0.1, -0.05) is 6.92 Å². The zero-order valence-corrected chi connectivity index (χ0v) is 16.3. The molecule has 0 spiro atoms. The molecule has 26 heavy (non-hydrogen) atoms. The Hall–Kier alpha value is -2.12. The molecule has 0 aromatic carbocycles. The number of rotatable bonds is 5. The first kappa shape index (κ1) is 20.2. The maximum atomic E-state index is 12.8. The van der Waals surface area contributed by atoms with Crippen molar-refractivity contribution >= 4 is 23.6 Å². The second-order valence-corrected chi connectivity index (χ2v) is 8.35. The van der Waals surface area contributed by atoms with Crippen LogP contribution in [0, 0.1) is 5.92 Å². The van der Waals surface area contributed by atoms with E-state index in [0.717, 1.165) is 0 Å². The minimum absolute atomic E-state index is 0.113. The van der Waals surface area contributed by atoms with Crippen molar-refractivity contribution < 1.29 is 19.2 Å². The number of likely N-dealkylation sites (N-methyl/N-ethyl adjacent to an activating group) is 1. The zero-order chi connectivity index (χ0) is 19.6. The second kappa shape index (κ2) is 7.63. The van der Waals surface area contributed by atoms with E-state index in [1.54, 1.807) is 11.9 Å². The molecule has 146 valence electrons. The summed E-state index contributed by atoms with van der Waals surface area (Å²) < 4.78 is 0. The first-order valence-electron chi connectivity index (χ1n) is 9.16. The first-order chi connectivity index (χ1) is 12.0. The molecule has 2 aliphatic rings. The monoisotopic (exact) mass is 366 g/mol. The molecule has 2 fully saturated rings. The van der Waals surface area contributed by atoms with Gasteiger partial charge >= 0.3 is 0 Å². The van der Waals surface area contributed by atoms with E-state index in [1.807, 2.05) is 27.7 Å². The van der Waals surface area contributed by atoms with Crippen molar-refractivity contribution in [2.75, 3.05) is 20.1 Å². The Balaban J connectivity index is 2.12. The van der Waals surface area contributed by atoms with Crippen LogP contribution in [0.15, 0.2) is 0 Å². The van der Waals surface area contributed by atoms with Crippen molar-refractivity contribution in [2.24, 2.45) is 5.92 Å². The summed E-state index contributed by atoms with van der Waals surface area (Å²) in [4.78, 5) is 52.7. The van der Waals surface area contributed by atoms with Gasteiger partial charge in [-0.05, 0) is 33.6 Å². The fraction of sp³-hybridized carbons (Fsp3) is 0.778. The van der Waals surface area contributed by atoms with Gasteiger partial charge in [0, 0.05) is 31.6 Å². The van der Waals surface area contributed by atoms with Crippen molar-refractivity contribution in [3.8, 4) is 0 Å². The summed E-state index contributed by atoms with van der Waals surface area (Å²) in [5.41, 5.74) is -0.426. The highest BCUT2D eigenvalue weighted by molar-refractivity contribution is 5.96. The van der Waals surface area contributed by atoms with Gasteiger partial charge in [-0.2, -0.15) is 0 Å². The van der Waals surface area contributed by atoms with E-state index in [2.05, 4.69) is 10.6 Å². The van der Waals surface area contributed by atoms with Crippen LogP contribution in [0.4, 0.5) is 0 Å². The van der Waals surface area contributed by atoms with E-state index in [9.17, 15) is 19.2 Å². The van der Waals surface area contributed by atoms with E-state index in [4.69, 9.17) is 0 Å². The van der Waals surface area contributed by atoms with Crippen LogP contribution in [-0.2, 0) is 19.2 Å². The predicted molar refractivity (Wildman–Crippen MR) is 96.0 cm³/mol. The Morgan fingerprint density at radius 3 is 2.27 bits per heavy atom. The molecule has 8 heteroatoms. The number of nitrogens with one attached hydrogen (secondary N) is 2. The van der Waals surface area contributed by atoms with E-state index in [-0.39, 0.29) is 30.1 Å². The lowest BCUT2D eigenvalue weighted by atomic mass is 10.1. The predicted octanol–water partition coefficient (Wildman–Crippen LogP) is -0.125. The molecular formula is C18H30N4O4. The Bertz CT molecular complexity index is 598. The number of likely N-dealkylation sites (tertiary alicyclic amines) is 2. The molecule has 3 atom stereocenters. The summed E-state index contributed by atoms with van der Waals surface area (Å²) in [7, 11) is 1.69. The van der Waals surface area contributed by atoms with Gasteiger partial charge in [0.25, 0.3) is 0 Å². The van der Waals surface area contributed by atoms with Gasteiger partial charge in [-0.15, -0.1) is 0 Å². The summed E-state index contributed by atoms with van der Waals surface area (Å²) in [5.74, 6) is -1.15. The van der Waals surface area contributed by atoms with Crippen molar-refractivity contribution in [2.45, 2.75) is 64.6 Å². The molecule has 0 aromatic heterocycles. The largest absolute Gasteiger partial charge is 0.351 e. The third kappa shape index (κ3) is 4.74. The summed E-state index contributed by atoms with van der Waals surface area (Å²) >= 11 is 0. The summed E-state index contributed by atoms with van der Waals surface area (Å²) in [6, 6.07) is -1.48. The third-order valence-corrected chi connectivity index (χ3v) is 4.82. The number of hydrogen-bond acceptors (Lipinski definition) is 4.